The zero-order valence-electron chi connectivity index (χ0n) is 12.4. The minimum Gasteiger partial charge on any atom is -0.457 e. The summed E-state index contributed by atoms with van der Waals surface area (Å²) in [5.74, 6) is 0.620. The van der Waals surface area contributed by atoms with Crippen molar-refractivity contribution in [2.45, 2.75) is 0 Å². The van der Waals surface area contributed by atoms with E-state index in [4.69, 9.17) is 14.2 Å². The van der Waals surface area contributed by atoms with Gasteiger partial charge in [0.15, 0.2) is 11.5 Å². The van der Waals surface area contributed by atoms with Crippen LogP contribution in [0.15, 0.2) is 42.5 Å². The summed E-state index contributed by atoms with van der Waals surface area (Å²) in [6.07, 6.45) is 0. The Balaban J connectivity index is 1.90. The van der Waals surface area contributed by atoms with Gasteiger partial charge in [-0.15, -0.1) is 0 Å². The van der Waals surface area contributed by atoms with Gasteiger partial charge in [0, 0.05) is 11.6 Å². The van der Waals surface area contributed by atoms with E-state index in [0.717, 1.165) is 0 Å². The second-order valence-electron chi connectivity index (χ2n) is 5.27. The molecule has 0 fully saturated rings. The number of fused-ring (bicyclic) bond motifs is 1. The molecule has 120 valence electrons. The molecule has 0 saturated heterocycles. The monoisotopic (exact) mass is 325 g/mol. The molecule has 2 aliphatic rings. The lowest BCUT2D eigenvalue weighted by Gasteiger charge is -2.06. The molecule has 7 heteroatoms. The first-order valence-electron chi connectivity index (χ1n) is 7.19. The van der Waals surface area contributed by atoms with Crippen molar-refractivity contribution >= 4 is 22.8 Å². The Morgan fingerprint density at radius 2 is 1.79 bits per heavy atom. The van der Waals surface area contributed by atoms with E-state index >= 15 is 0 Å². The van der Waals surface area contributed by atoms with Gasteiger partial charge >= 0.3 is 5.97 Å². The van der Waals surface area contributed by atoms with Crippen LogP contribution in [-0.2, 0) is 9.53 Å². The van der Waals surface area contributed by atoms with Gasteiger partial charge < -0.3 is 14.2 Å². The Labute approximate surface area is 136 Å². The summed E-state index contributed by atoms with van der Waals surface area (Å²) in [4.78, 5) is 23.0. The number of nitrogens with zero attached hydrogens (tertiary/aromatic N) is 1. The number of cyclic esters (lactones) is 1. The average Bonchev–Trinajstić information content (AvgIpc) is 3.20. The molecule has 7 nitrogen and oxygen atoms in total. The molecular formula is C17H11NO6. The van der Waals surface area contributed by atoms with Crippen molar-refractivity contribution < 1.29 is 23.9 Å². The fraction of sp³-hybridized carbons (Fsp3) is 0.118. The van der Waals surface area contributed by atoms with Crippen molar-refractivity contribution in [2.24, 2.45) is 0 Å². The molecule has 2 aromatic rings. The summed E-state index contributed by atoms with van der Waals surface area (Å²) in [7, 11) is 0. The number of hydrogen-bond donors (Lipinski definition) is 0. The molecule has 0 N–H and O–H groups in total. The van der Waals surface area contributed by atoms with Gasteiger partial charge in [0.05, 0.1) is 16.1 Å². The summed E-state index contributed by atoms with van der Waals surface area (Å²) < 4.78 is 15.8. The molecule has 2 aromatic carbocycles. The van der Waals surface area contributed by atoms with Gasteiger partial charge in [0.1, 0.15) is 6.61 Å². The number of hydrogen-bond acceptors (Lipinski definition) is 6. The Bertz CT molecular complexity index is 902. The van der Waals surface area contributed by atoms with E-state index in [-0.39, 0.29) is 30.2 Å². The van der Waals surface area contributed by atoms with E-state index in [0.29, 0.717) is 22.6 Å². The molecule has 0 aromatic heterocycles. The van der Waals surface area contributed by atoms with E-state index in [9.17, 15) is 14.9 Å². The fourth-order valence-corrected chi connectivity index (χ4v) is 2.83. The highest BCUT2D eigenvalue weighted by atomic mass is 16.7. The highest BCUT2D eigenvalue weighted by molar-refractivity contribution is 6.28. The predicted octanol–water partition coefficient (Wildman–Crippen LogP) is 2.79. The van der Waals surface area contributed by atoms with Gasteiger partial charge in [-0.05, 0) is 23.8 Å². The number of benzene rings is 2. The van der Waals surface area contributed by atoms with Crippen molar-refractivity contribution in [1.82, 2.24) is 0 Å². The summed E-state index contributed by atoms with van der Waals surface area (Å²) in [6.45, 7) is 0.199. The van der Waals surface area contributed by atoms with E-state index < -0.39 is 10.9 Å². The topological polar surface area (TPSA) is 87.9 Å². The van der Waals surface area contributed by atoms with Crippen molar-refractivity contribution in [3.8, 4) is 11.5 Å². The van der Waals surface area contributed by atoms with E-state index in [2.05, 4.69) is 0 Å². The number of carbonyl (C=O) groups is 1. The fourth-order valence-electron chi connectivity index (χ4n) is 2.83. The van der Waals surface area contributed by atoms with Crippen LogP contribution in [0.1, 0.15) is 11.1 Å². The molecule has 0 atom stereocenters. The minimum absolute atomic E-state index is 0.0554. The van der Waals surface area contributed by atoms with Gasteiger partial charge in [-0.2, -0.15) is 0 Å². The van der Waals surface area contributed by atoms with Crippen LogP contribution in [0.25, 0.3) is 11.1 Å². The van der Waals surface area contributed by atoms with E-state index in [1.165, 1.54) is 6.07 Å². The molecule has 0 radical (unpaired) electrons. The number of carbonyl (C=O) groups excluding carboxylic acids is 1. The van der Waals surface area contributed by atoms with Crippen LogP contribution in [0.5, 0.6) is 11.5 Å². The van der Waals surface area contributed by atoms with Crippen molar-refractivity contribution in [1.29, 1.82) is 0 Å². The molecule has 4 rings (SSSR count). The highest BCUT2D eigenvalue weighted by Crippen LogP contribution is 2.40. The first-order valence-corrected chi connectivity index (χ1v) is 7.19. The largest absolute Gasteiger partial charge is 0.457 e. The molecule has 0 spiro atoms. The number of nitro benzene ring substituents is 1. The standard InChI is InChI=1S/C17H11NO6/c19-17-16(11-3-1-2-4-13(11)18(20)21)12(8-22-17)10-5-6-14-15(7-10)24-9-23-14/h1-7H,8-9H2. The second kappa shape index (κ2) is 5.38. The Morgan fingerprint density at radius 3 is 2.62 bits per heavy atom. The minimum atomic E-state index is -0.572. The molecule has 2 heterocycles. The summed E-state index contributed by atoms with van der Waals surface area (Å²) in [6, 6.07) is 11.4. The molecule has 0 saturated carbocycles. The Hall–Kier alpha value is -3.35. The van der Waals surface area contributed by atoms with Crippen molar-refractivity contribution in [3.05, 3.63) is 63.7 Å². The zero-order valence-corrected chi connectivity index (χ0v) is 12.4. The normalized spacial score (nSPS) is 15.6. The maximum absolute atomic E-state index is 12.2. The van der Waals surface area contributed by atoms with Gasteiger partial charge in [0.25, 0.3) is 5.69 Å². The van der Waals surface area contributed by atoms with Crippen molar-refractivity contribution in [2.75, 3.05) is 13.4 Å². The molecule has 0 amide bonds. The number of nitro groups is 1. The van der Waals surface area contributed by atoms with Gasteiger partial charge in [0.2, 0.25) is 6.79 Å². The lowest BCUT2D eigenvalue weighted by atomic mass is 9.95. The van der Waals surface area contributed by atoms with E-state index in [1.54, 1.807) is 36.4 Å². The van der Waals surface area contributed by atoms with Gasteiger partial charge in [-0.1, -0.05) is 18.2 Å². The smallest absolute Gasteiger partial charge is 0.339 e. The number of ether oxygens (including phenoxy) is 3. The third kappa shape index (κ3) is 2.18. The summed E-state index contributed by atoms with van der Waals surface area (Å²) >= 11 is 0. The Kier molecular flexibility index (Phi) is 3.19. The first-order chi connectivity index (χ1) is 11.6. The maximum Gasteiger partial charge on any atom is 0.339 e. The number of para-hydroxylation sites is 1. The zero-order chi connectivity index (χ0) is 16.7. The van der Waals surface area contributed by atoms with Crippen LogP contribution in [0.4, 0.5) is 5.69 Å². The molecular weight excluding hydrogens is 314 g/mol. The van der Waals surface area contributed by atoms with Crippen LogP contribution < -0.4 is 9.47 Å². The van der Waals surface area contributed by atoms with E-state index in [1.807, 2.05) is 0 Å². The third-order valence-corrected chi connectivity index (χ3v) is 3.94. The Morgan fingerprint density at radius 1 is 1.00 bits per heavy atom. The predicted molar refractivity (Wildman–Crippen MR) is 83.4 cm³/mol. The number of esters is 1. The average molecular weight is 325 g/mol. The molecule has 0 aliphatic carbocycles. The highest BCUT2D eigenvalue weighted by Gasteiger charge is 2.32. The molecule has 24 heavy (non-hydrogen) atoms. The molecule has 0 bridgehead atoms. The quantitative estimate of drug-likeness (QED) is 0.490. The van der Waals surface area contributed by atoms with Crippen LogP contribution in [-0.4, -0.2) is 24.3 Å². The van der Waals surface area contributed by atoms with Crippen LogP contribution in [0.2, 0.25) is 0 Å². The van der Waals surface area contributed by atoms with Crippen LogP contribution in [0, 0.1) is 10.1 Å². The lowest BCUT2D eigenvalue weighted by Crippen LogP contribution is -2.02. The van der Waals surface area contributed by atoms with Crippen molar-refractivity contribution in [3.63, 3.8) is 0 Å². The molecule has 2 aliphatic heterocycles. The maximum atomic E-state index is 12.2. The van der Waals surface area contributed by atoms with Crippen LogP contribution in [0.3, 0.4) is 0 Å². The first kappa shape index (κ1) is 14.3. The van der Waals surface area contributed by atoms with Gasteiger partial charge in [-0.3, -0.25) is 10.1 Å². The summed E-state index contributed by atoms with van der Waals surface area (Å²) in [5.41, 5.74) is 1.62. The lowest BCUT2D eigenvalue weighted by molar-refractivity contribution is -0.385. The summed E-state index contributed by atoms with van der Waals surface area (Å²) in [5, 5.41) is 11.3. The SMILES string of the molecule is O=C1OCC(c2ccc3c(c2)OCO3)=C1c1ccccc1[N+](=O)[O-]. The van der Waals surface area contributed by atoms with Crippen LogP contribution >= 0.6 is 0 Å². The molecule has 0 unspecified atom stereocenters. The van der Waals surface area contributed by atoms with Gasteiger partial charge in [-0.25, -0.2) is 4.79 Å². The number of rotatable bonds is 3. The third-order valence-electron chi connectivity index (χ3n) is 3.94. The second-order valence-corrected chi connectivity index (χ2v) is 5.27.